The van der Waals surface area contributed by atoms with E-state index in [9.17, 15) is 14.9 Å². The molecule has 3 rings (SSSR count). The third kappa shape index (κ3) is 4.73. The highest BCUT2D eigenvalue weighted by atomic mass is 16.6. The summed E-state index contributed by atoms with van der Waals surface area (Å²) in [4.78, 5) is 22.3. The van der Waals surface area contributed by atoms with Crippen LogP contribution in [-0.2, 0) is 22.6 Å². The molecule has 0 unspecified atom stereocenters. The number of nitro groups is 1. The minimum Gasteiger partial charge on any atom is -0.489 e. The molecule has 0 atom stereocenters. The normalized spacial score (nSPS) is 10.3. The first-order valence-electron chi connectivity index (χ1n) is 8.68. The fraction of sp³-hybridized carbons (Fsp3) is 0.136. The van der Waals surface area contributed by atoms with Crippen molar-refractivity contribution in [2.24, 2.45) is 0 Å². The van der Waals surface area contributed by atoms with Crippen molar-refractivity contribution in [1.29, 1.82) is 0 Å². The van der Waals surface area contributed by atoms with E-state index in [2.05, 4.69) is 4.74 Å². The quantitative estimate of drug-likeness (QED) is 0.343. The Kier molecular flexibility index (Phi) is 6.01. The molecular formula is C22H19NO5. The van der Waals surface area contributed by atoms with Gasteiger partial charge < -0.3 is 9.47 Å². The Morgan fingerprint density at radius 3 is 2.29 bits per heavy atom. The van der Waals surface area contributed by atoms with Gasteiger partial charge in [-0.1, -0.05) is 54.6 Å². The van der Waals surface area contributed by atoms with Gasteiger partial charge in [0.1, 0.15) is 12.4 Å². The van der Waals surface area contributed by atoms with Gasteiger partial charge in [-0.3, -0.25) is 14.9 Å². The van der Waals surface area contributed by atoms with Crippen LogP contribution in [0.4, 0.5) is 5.69 Å². The van der Waals surface area contributed by atoms with Crippen LogP contribution in [0.25, 0.3) is 11.1 Å². The van der Waals surface area contributed by atoms with E-state index in [0.717, 1.165) is 11.1 Å². The molecule has 0 aliphatic heterocycles. The Bertz CT molecular complexity index is 968. The zero-order valence-electron chi connectivity index (χ0n) is 15.3. The average Bonchev–Trinajstić information content (AvgIpc) is 2.73. The first-order valence-corrected chi connectivity index (χ1v) is 8.68. The molecule has 0 saturated heterocycles. The molecule has 0 fully saturated rings. The number of ether oxygens (including phenoxy) is 2. The lowest BCUT2D eigenvalue weighted by atomic mass is 10.0. The van der Waals surface area contributed by atoms with Crippen LogP contribution in [0.3, 0.4) is 0 Å². The van der Waals surface area contributed by atoms with Gasteiger partial charge in [-0.2, -0.15) is 0 Å². The van der Waals surface area contributed by atoms with Gasteiger partial charge in [-0.25, -0.2) is 0 Å². The topological polar surface area (TPSA) is 78.7 Å². The number of esters is 1. The van der Waals surface area contributed by atoms with Gasteiger partial charge in [-0.15, -0.1) is 0 Å². The molecule has 142 valence electrons. The number of carbonyl (C=O) groups is 1. The van der Waals surface area contributed by atoms with Crippen molar-refractivity contribution < 1.29 is 19.2 Å². The van der Waals surface area contributed by atoms with Gasteiger partial charge in [0.2, 0.25) is 0 Å². The molecule has 6 heteroatoms. The van der Waals surface area contributed by atoms with Crippen molar-refractivity contribution >= 4 is 11.7 Å². The van der Waals surface area contributed by atoms with Crippen LogP contribution in [0.1, 0.15) is 11.1 Å². The van der Waals surface area contributed by atoms with Gasteiger partial charge in [0.15, 0.2) is 0 Å². The van der Waals surface area contributed by atoms with Gasteiger partial charge in [-0.05, 0) is 28.8 Å². The van der Waals surface area contributed by atoms with Gasteiger partial charge in [0, 0.05) is 11.6 Å². The largest absolute Gasteiger partial charge is 0.489 e. The summed E-state index contributed by atoms with van der Waals surface area (Å²) >= 11 is 0. The standard InChI is InChI=1S/C22H19NO5/c1-27-22(24)14-19-8-7-18(13-21(19)23(25)26)17-9-11-20(12-10-17)28-15-16-5-3-2-4-6-16/h2-13H,14-15H2,1H3. The zero-order chi connectivity index (χ0) is 19.9. The summed E-state index contributed by atoms with van der Waals surface area (Å²) in [6.45, 7) is 0.466. The monoisotopic (exact) mass is 377 g/mol. The summed E-state index contributed by atoms with van der Waals surface area (Å²) in [5.41, 5.74) is 2.80. The maximum Gasteiger partial charge on any atom is 0.310 e. The van der Waals surface area contributed by atoms with Crippen LogP contribution in [0.15, 0.2) is 72.8 Å². The summed E-state index contributed by atoms with van der Waals surface area (Å²) in [7, 11) is 1.25. The number of benzene rings is 3. The predicted octanol–water partition coefficient (Wildman–Crippen LogP) is 4.56. The molecule has 28 heavy (non-hydrogen) atoms. The van der Waals surface area contributed by atoms with E-state index < -0.39 is 10.9 Å². The van der Waals surface area contributed by atoms with Crippen LogP contribution in [0, 0.1) is 10.1 Å². The molecular weight excluding hydrogens is 358 g/mol. The van der Waals surface area contributed by atoms with Crippen LogP contribution < -0.4 is 4.74 Å². The molecule has 0 N–H and O–H groups in total. The fourth-order valence-corrected chi connectivity index (χ4v) is 2.78. The summed E-state index contributed by atoms with van der Waals surface area (Å²) in [5.74, 6) is 0.195. The second kappa shape index (κ2) is 8.81. The molecule has 0 heterocycles. The van der Waals surface area contributed by atoms with Gasteiger partial charge >= 0.3 is 5.97 Å². The highest BCUT2D eigenvalue weighted by Gasteiger charge is 2.18. The van der Waals surface area contributed by atoms with Crippen molar-refractivity contribution in [1.82, 2.24) is 0 Å². The minimum absolute atomic E-state index is 0.104. The second-order valence-corrected chi connectivity index (χ2v) is 6.15. The second-order valence-electron chi connectivity index (χ2n) is 6.15. The minimum atomic E-state index is -0.518. The first-order chi connectivity index (χ1) is 13.6. The van der Waals surface area contributed by atoms with E-state index >= 15 is 0 Å². The van der Waals surface area contributed by atoms with Crippen molar-refractivity contribution in [3.8, 4) is 16.9 Å². The molecule has 0 aliphatic rings. The number of hydrogen-bond acceptors (Lipinski definition) is 5. The van der Waals surface area contributed by atoms with Gasteiger partial charge in [0.25, 0.3) is 5.69 Å². The third-order valence-electron chi connectivity index (χ3n) is 4.28. The zero-order valence-corrected chi connectivity index (χ0v) is 15.3. The third-order valence-corrected chi connectivity index (χ3v) is 4.28. The molecule has 0 aromatic heterocycles. The van der Waals surface area contributed by atoms with Crippen LogP contribution in [-0.4, -0.2) is 18.0 Å². The van der Waals surface area contributed by atoms with Crippen LogP contribution in [0.5, 0.6) is 5.75 Å². The van der Waals surface area contributed by atoms with E-state index in [4.69, 9.17) is 4.74 Å². The Morgan fingerprint density at radius 2 is 1.64 bits per heavy atom. The molecule has 3 aromatic rings. The lowest BCUT2D eigenvalue weighted by Crippen LogP contribution is -2.06. The van der Waals surface area contributed by atoms with Crippen LogP contribution in [0.2, 0.25) is 0 Å². The number of carbonyl (C=O) groups excluding carboxylic acids is 1. The Morgan fingerprint density at radius 1 is 0.964 bits per heavy atom. The summed E-state index contributed by atoms with van der Waals surface area (Å²) in [6, 6.07) is 22.0. The number of nitrogens with zero attached hydrogens (tertiary/aromatic N) is 1. The van der Waals surface area contributed by atoms with E-state index in [0.29, 0.717) is 23.5 Å². The summed E-state index contributed by atoms with van der Waals surface area (Å²) < 4.78 is 10.4. The molecule has 0 saturated carbocycles. The average molecular weight is 377 g/mol. The van der Waals surface area contributed by atoms with E-state index in [-0.39, 0.29) is 12.1 Å². The van der Waals surface area contributed by atoms with E-state index in [1.165, 1.54) is 13.2 Å². The maximum absolute atomic E-state index is 11.5. The molecule has 0 bridgehead atoms. The number of hydrogen-bond donors (Lipinski definition) is 0. The van der Waals surface area contributed by atoms with E-state index in [1.807, 2.05) is 54.6 Å². The summed E-state index contributed by atoms with van der Waals surface area (Å²) in [5, 5.41) is 11.4. The lowest BCUT2D eigenvalue weighted by molar-refractivity contribution is -0.385. The van der Waals surface area contributed by atoms with Crippen LogP contribution >= 0.6 is 0 Å². The van der Waals surface area contributed by atoms with Gasteiger partial charge in [0.05, 0.1) is 18.5 Å². The highest BCUT2D eigenvalue weighted by molar-refractivity contribution is 5.76. The summed E-state index contributed by atoms with van der Waals surface area (Å²) in [6.07, 6.45) is -0.140. The van der Waals surface area contributed by atoms with E-state index in [1.54, 1.807) is 12.1 Å². The fourth-order valence-electron chi connectivity index (χ4n) is 2.78. The number of rotatable bonds is 7. The molecule has 0 amide bonds. The SMILES string of the molecule is COC(=O)Cc1ccc(-c2ccc(OCc3ccccc3)cc2)cc1[N+](=O)[O-]. The molecule has 0 aliphatic carbocycles. The van der Waals surface area contributed by atoms with Crippen molar-refractivity contribution in [2.75, 3.05) is 7.11 Å². The molecule has 0 radical (unpaired) electrons. The molecule has 0 spiro atoms. The Hall–Kier alpha value is -3.67. The molecule has 3 aromatic carbocycles. The molecule has 6 nitrogen and oxygen atoms in total. The maximum atomic E-state index is 11.5. The van der Waals surface area contributed by atoms with Crippen molar-refractivity contribution in [3.05, 3.63) is 94.0 Å². The lowest BCUT2D eigenvalue weighted by Gasteiger charge is -2.09. The van der Waals surface area contributed by atoms with Crippen molar-refractivity contribution in [2.45, 2.75) is 13.0 Å². The predicted molar refractivity (Wildman–Crippen MR) is 105 cm³/mol. The van der Waals surface area contributed by atoms with Crippen molar-refractivity contribution in [3.63, 3.8) is 0 Å². The Labute approximate surface area is 162 Å². The number of nitro benzene ring substituents is 1. The smallest absolute Gasteiger partial charge is 0.310 e. The highest BCUT2D eigenvalue weighted by Crippen LogP contribution is 2.29. The first kappa shape index (κ1) is 19.1. The Balaban J connectivity index is 1.76. The number of methoxy groups -OCH3 is 1.